The van der Waals surface area contributed by atoms with E-state index in [0.717, 1.165) is 26.6 Å². The first kappa shape index (κ1) is 13.7. The fraction of sp³-hybridized carbons (Fsp3) is 0.357. The van der Waals surface area contributed by atoms with E-state index in [1.165, 1.54) is 6.07 Å². The second-order valence-electron chi connectivity index (χ2n) is 4.75. The van der Waals surface area contributed by atoms with E-state index in [2.05, 4.69) is 34.5 Å². The van der Waals surface area contributed by atoms with Crippen molar-refractivity contribution in [2.75, 3.05) is 6.54 Å². The number of fused-ring (bicyclic) bond motifs is 1. The van der Waals surface area contributed by atoms with Gasteiger partial charge in [-0.1, -0.05) is 6.92 Å². The number of nitrogens with zero attached hydrogens (tertiary/aromatic N) is 1. The summed E-state index contributed by atoms with van der Waals surface area (Å²) in [5.74, 6) is 0.137. The molecule has 0 aliphatic heterocycles. The molecule has 0 saturated heterocycles. The van der Waals surface area contributed by atoms with Crippen molar-refractivity contribution in [1.29, 1.82) is 0 Å². The number of benzene rings is 1. The van der Waals surface area contributed by atoms with E-state index >= 15 is 0 Å². The molecule has 0 radical (unpaired) electrons. The van der Waals surface area contributed by atoms with Gasteiger partial charge in [-0.25, -0.2) is 4.39 Å². The fourth-order valence-corrected chi connectivity index (χ4v) is 2.68. The Bertz CT molecular complexity index is 584. The van der Waals surface area contributed by atoms with E-state index in [1.807, 2.05) is 19.1 Å². The monoisotopic (exact) mass is 358 g/mol. The summed E-state index contributed by atoms with van der Waals surface area (Å²) >= 11 is 2.13. The number of aryl methyl sites for hydroxylation is 1. The molecule has 0 aliphatic carbocycles. The molecule has 0 saturated carbocycles. The van der Waals surface area contributed by atoms with E-state index in [1.54, 1.807) is 0 Å². The highest BCUT2D eigenvalue weighted by Crippen LogP contribution is 2.25. The first-order chi connectivity index (χ1) is 8.51. The number of hydrogen-bond donors (Lipinski definition) is 1. The zero-order valence-electron chi connectivity index (χ0n) is 10.5. The van der Waals surface area contributed by atoms with Crippen molar-refractivity contribution in [3.63, 3.8) is 0 Å². The lowest BCUT2D eigenvalue weighted by molar-refractivity contribution is 0.594. The Balaban J connectivity index is 2.64. The SMILES string of the molecule is Cc1cc(CC(C)CN)c2cc(I)cc(F)c2n1. The second kappa shape index (κ2) is 5.48. The smallest absolute Gasteiger partial charge is 0.150 e. The van der Waals surface area contributed by atoms with Gasteiger partial charge in [0, 0.05) is 14.7 Å². The fourth-order valence-electron chi connectivity index (χ4n) is 2.09. The van der Waals surface area contributed by atoms with Crippen molar-refractivity contribution in [2.24, 2.45) is 11.7 Å². The van der Waals surface area contributed by atoms with Gasteiger partial charge in [-0.05, 0) is 72.2 Å². The molecule has 4 heteroatoms. The Morgan fingerprint density at radius 3 is 2.78 bits per heavy atom. The molecular weight excluding hydrogens is 342 g/mol. The molecule has 96 valence electrons. The first-order valence-electron chi connectivity index (χ1n) is 5.96. The van der Waals surface area contributed by atoms with Gasteiger partial charge < -0.3 is 5.73 Å². The maximum absolute atomic E-state index is 13.9. The zero-order valence-corrected chi connectivity index (χ0v) is 12.7. The minimum Gasteiger partial charge on any atom is -0.330 e. The normalized spacial score (nSPS) is 12.9. The van der Waals surface area contributed by atoms with Crippen LogP contribution in [0.2, 0.25) is 0 Å². The van der Waals surface area contributed by atoms with Crippen LogP contribution in [-0.4, -0.2) is 11.5 Å². The molecule has 0 fully saturated rings. The maximum atomic E-state index is 13.9. The molecule has 1 aromatic carbocycles. The number of hydrogen-bond acceptors (Lipinski definition) is 2. The summed E-state index contributed by atoms with van der Waals surface area (Å²) in [6, 6.07) is 5.54. The number of aromatic nitrogens is 1. The Kier molecular flexibility index (Phi) is 4.17. The molecule has 2 N–H and O–H groups in total. The van der Waals surface area contributed by atoms with Crippen LogP contribution in [0.25, 0.3) is 10.9 Å². The summed E-state index contributed by atoms with van der Waals surface area (Å²) in [5.41, 5.74) is 8.12. The Labute approximate surface area is 120 Å². The van der Waals surface area contributed by atoms with Crippen LogP contribution in [0, 0.1) is 22.2 Å². The average Bonchev–Trinajstić information content (AvgIpc) is 2.30. The third kappa shape index (κ3) is 2.80. The third-order valence-electron chi connectivity index (χ3n) is 3.02. The summed E-state index contributed by atoms with van der Waals surface area (Å²) in [4.78, 5) is 4.30. The molecule has 2 aromatic rings. The van der Waals surface area contributed by atoms with E-state index in [-0.39, 0.29) is 5.82 Å². The number of halogens is 2. The van der Waals surface area contributed by atoms with Gasteiger partial charge >= 0.3 is 0 Å². The van der Waals surface area contributed by atoms with E-state index in [0.29, 0.717) is 18.0 Å². The van der Waals surface area contributed by atoms with Crippen LogP contribution in [0.3, 0.4) is 0 Å². The molecule has 2 rings (SSSR count). The van der Waals surface area contributed by atoms with Crippen molar-refractivity contribution >= 4 is 33.5 Å². The summed E-state index contributed by atoms with van der Waals surface area (Å²) in [6.45, 7) is 4.63. The van der Waals surface area contributed by atoms with Gasteiger partial charge in [-0.15, -0.1) is 0 Å². The van der Waals surface area contributed by atoms with E-state index < -0.39 is 0 Å². The predicted molar refractivity (Wildman–Crippen MR) is 81.1 cm³/mol. The number of nitrogens with two attached hydrogens (primary N) is 1. The molecule has 0 aliphatic rings. The lowest BCUT2D eigenvalue weighted by Gasteiger charge is -2.12. The van der Waals surface area contributed by atoms with Gasteiger partial charge in [0.25, 0.3) is 0 Å². The van der Waals surface area contributed by atoms with Gasteiger partial charge in [0.1, 0.15) is 11.3 Å². The lowest BCUT2D eigenvalue weighted by Crippen LogP contribution is -2.13. The molecule has 18 heavy (non-hydrogen) atoms. The summed E-state index contributed by atoms with van der Waals surface area (Å²) in [7, 11) is 0. The van der Waals surface area contributed by atoms with Crippen molar-refractivity contribution in [2.45, 2.75) is 20.3 Å². The van der Waals surface area contributed by atoms with Gasteiger partial charge in [-0.3, -0.25) is 4.98 Å². The first-order valence-corrected chi connectivity index (χ1v) is 7.04. The van der Waals surface area contributed by atoms with Gasteiger partial charge in [0.2, 0.25) is 0 Å². The quantitative estimate of drug-likeness (QED) is 0.854. The van der Waals surface area contributed by atoms with E-state index in [9.17, 15) is 4.39 Å². The van der Waals surface area contributed by atoms with Crippen molar-refractivity contribution in [3.05, 3.63) is 38.8 Å². The van der Waals surface area contributed by atoms with Crippen LogP contribution >= 0.6 is 22.6 Å². The molecular formula is C14H16FIN2. The Morgan fingerprint density at radius 1 is 1.39 bits per heavy atom. The predicted octanol–water partition coefficient (Wildman–Crippen LogP) is 3.42. The van der Waals surface area contributed by atoms with Crippen molar-refractivity contribution in [1.82, 2.24) is 4.98 Å². The maximum Gasteiger partial charge on any atom is 0.150 e. The highest BCUT2D eigenvalue weighted by atomic mass is 127. The molecule has 0 amide bonds. The summed E-state index contributed by atoms with van der Waals surface area (Å²) in [6.07, 6.45) is 0.857. The topological polar surface area (TPSA) is 38.9 Å². The van der Waals surface area contributed by atoms with Gasteiger partial charge in [0.15, 0.2) is 0 Å². The van der Waals surface area contributed by atoms with Crippen LogP contribution in [0.5, 0.6) is 0 Å². The van der Waals surface area contributed by atoms with Crippen LogP contribution in [0.15, 0.2) is 18.2 Å². The van der Waals surface area contributed by atoms with Crippen LogP contribution in [0.1, 0.15) is 18.2 Å². The lowest BCUT2D eigenvalue weighted by atomic mass is 9.97. The Morgan fingerprint density at radius 2 is 2.11 bits per heavy atom. The highest BCUT2D eigenvalue weighted by Gasteiger charge is 2.11. The van der Waals surface area contributed by atoms with Gasteiger partial charge in [0.05, 0.1) is 0 Å². The minimum atomic E-state index is -0.248. The average molecular weight is 358 g/mol. The van der Waals surface area contributed by atoms with Crippen LogP contribution < -0.4 is 5.73 Å². The van der Waals surface area contributed by atoms with E-state index in [4.69, 9.17) is 5.73 Å². The molecule has 1 atom stereocenters. The molecule has 1 unspecified atom stereocenters. The number of pyridine rings is 1. The highest BCUT2D eigenvalue weighted by molar-refractivity contribution is 14.1. The standard InChI is InChI=1S/C14H16FIN2/c1-8(7-17)3-10-4-9(2)18-14-12(10)5-11(16)6-13(14)15/h4-6,8H,3,7,17H2,1-2H3. The van der Waals surface area contributed by atoms with Crippen LogP contribution in [-0.2, 0) is 6.42 Å². The molecule has 0 spiro atoms. The molecule has 2 nitrogen and oxygen atoms in total. The van der Waals surface area contributed by atoms with Gasteiger partial charge in [-0.2, -0.15) is 0 Å². The number of rotatable bonds is 3. The minimum absolute atomic E-state index is 0.248. The van der Waals surface area contributed by atoms with Crippen LogP contribution in [0.4, 0.5) is 4.39 Å². The largest absolute Gasteiger partial charge is 0.330 e. The summed E-state index contributed by atoms with van der Waals surface area (Å²) < 4.78 is 14.8. The zero-order chi connectivity index (χ0) is 13.3. The van der Waals surface area contributed by atoms with Crippen molar-refractivity contribution in [3.8, 4) is 0 Å². The molecule has 1 aromatic heterocycles. The summed E-state index contributed by atoms with van der Waals surface area (Å²) in [5, 5.41) is 0.908. The van der Waals surface area contributed by atoms with Crippen molar-refractivity contribution < 1.29 is 4.39 Å². The second-order valence-corrected chi connectivity index (χ2v) is 6.00. The molecule has 1 heterocycles. The Hall–Kier alpha value is -0.750. The molecule has 0 bridgehead atoms. The third-order valence-corrected chi connectivity index (χ3v) is 3.64.